The summed E-state index contributed by atoms with van der Waals surface area (Å²) < 4.78 is 3.28. The maximum Gasteiger partial charge on any atom is 0.226 e. The largest absolute Gasteiger partial charge is 0.351 e. The Balaban J connectivity index is 1.62. The summed E-state index contributed by atoms with van der Waals surface area (Å²) in [6.45, 7) is 7.94. The number of benzene rings is 2. The number of halogens is 2. The second kappa shape index (κ2) is 11.1. The first-order chi connectivity index (χ1) is 18.7. The number of aromatic nitrogens is 2. The Labute approximate surface area is 247 Å². The maximum absolute atomic E-state index is 12.3. The molecule has 5 rings (SSSR count). The van der Waals surface area contributed by atoms with E-state index in [1.54, 1.807) is 6.20 Å². The van der Waals surface area contributed by atoms with Crippen molar-refractivity contribution in [2.75, 3.05) is 10.2 Å². The monoisotopic (exact) mass is 621 g/mol. The Kier molecular flexibility index (Phi) is 7.80. The first-order valence-corrected chi connectivity index (χ1v) is 14.3. The number of rotatable bonds is 6. The third kappa shape index (κ3) is 5.33. The van der Waals surface area contributed by atoms with E-state index in [1.807, 2.05) is 62.4 Å². The van der Waals surface area contributed by atoms with Crippen LogP contribution in [0.3, 0.4) is 0 Å². The van der Waals surface area contributed by atoms with Gasteiger partial charge in [-0.25, -0.2) is 0 Å². The Hall–Kier alpha value is -3.20. The highest BCUT2D eigenvalue weighted by Crippen LogP contribution is 2.44. The fourth-order valence-electron chi connectivity index (χ4n) is 5.08. The highest BCUT2D eigenvalue weighted by molar-refractivity contribution is 9.10. The zero-order valence-corrected chi connectivity index (χ0v) is 25.2. The summed E-state index contributed by atoms with van der Waals surface area (Å²) in [7, 11) is 0. The average molecular weight is 623 g/mol. The summed E-state index contributed by atoms with van der Waals surface area (Å²) in [5.74, 6) is -0.240. The topological polar surface area (TPSA) is 62.2 Å². The van der Waals surface area contributed by atoms with Crippen LogP contribution in [-0.2, 0) is 4.79 Å². The molecule has 0 unspecified atom stereocenters. The van der Waals surface area contributed by atoms with Crippen molar-refractivity contribution < 1.29 is 4.79 Å². The Bertz CT molecular complexity index is 1550. The van der Waals surface area contributed by atoms with Crippen LogP contribution in [-0.4, -0.2) is 20.6 Å². The first-order valence-electron chi connectivity index (χ1n) is 12.7. The zero-order valence-electron chi connectivity index (χ0n) is 22.1. The van der Waals surface area contributed by atoms with Crippen LogP contribution in [0.4, 0.5) is 11.4 Å². The highest BCUT2D eigenvalue weighted by Gasteiger charge is 2.42. The summed E-state index contributed by atoms with van der Waals surface area (Å²) in [6, 6.07) is 21.7. The molecule has 0 radical (unpaired) electrons. The van der Waals surface area contributed by atoms with E-state index in [4.69, 9.17) is 23.8 Å². The summed E-state index contributed by atoms with van der Waals surface area (Å²) in [5.41, 5.74) is 6.73. The van der Waals surface area contributed by atoms with E-state index in [1.165, 1.54) is 0 Å². The number of carbonyl (C=O) groups is 1. The van der Waals surface area contributed by atoms with Crippen molar-refractivity contribution in [2.24, 2.45) is 5.92 Å². The molecule has 0 aliphatic carbocycles. The third-order valence-corrected chi connectivity index (χ3v) is 8.09. The lowest BCUT2D eigenvalue weighted by Crippen LogP contribution is -2.29. The van der Waals surface area contributed by atoms with Crippen molar-refractivity contribution >= 4 is 62.1 Å². The van der Waals surface area contributed by atoms with Gasteiger partial charge in [-0.05, 0) is 86.2 Å². The second-order valence-corrected chi connectivity index (χ2v) is 11.7. The van der Waals surface area contributed by atoms with Gasteiger partial charge in [0.15, 0.2) is 5.11 Å². The SMILES string of the molecule is Cc1cc([C@H]2[C@@H](c3ccccn3)NC(=S)N2c2ccc(NC(=O)C(C)C)c(Cl)c2)c(C)n1-c1cccc(Br)c1. The predicted octanol–water partition coefficient (Wildman–Crippen LogP) is 7.68. The van der Waals surface area contributed by atoms with Crippen molar-refractivity contribution in [3.63, 3.8) is 0 Å². The lowest BCUT2D eigenvalue weighted by molar-refractivity contribution is -0.118. The predicted molar refractivity (Wildman–Crippen MR) is 166 cm³/mol. The molecule has 2 N–H and O–H groups in total. The molecular formula is C30H29BrClN5OS. The summed E-state index contributed by atoms with van der Waals surface area (Å²) in [4.78, 5) is 19.1. The molecule has 1 aliphatic heterocycles. The number of nitrogens with one attached hydrogen (secondary N) is 2. The molecule has 200 valence electrons. The number of aryl methyl sites for hydroxylation is 1. The second-order valence-electron chi connectivity index (χ2n) is 9.95. The molecule has 0 spiro atoms. The molecule has 6 nitrogen and oxygen atoms in total. The van der Waals surface area contributed by atoms with Crippen molar-refractivity contribution in [2.45, 2.75) is 39.8 Å². The first kappa shape index (κ1) is 27.4. The number of carbonyl (C=O) groups excluding carboxylic acids is 1. The minimum Gasteiger partial charge on any atom is -0.351 e. The number of pyridine rings is 1. The third-order valence-electron chi connectivity index (χ3n) is 6.97. The van der Waals surface area contributed by atoms with Gasteiger partial charge in [0.05, 0.1) is 28.5 Å². The normalized spacial score (nSPS) is 17.0. The van der Waals surface area contributed by atoms with Crippen molar-refractivity contribution in [3.05, 3.63) is 105 Å². The van der Waals surface area contributed by atoms with Gasteiger partial charge in [-0.1, -0.05) is 53.5 Å². The van der Waals surface area contributed by atoms with E-state index in [0.717, 1.165) is 38.5 Å². The average Bonchev–Trinajstić information content (AvgIpc) is 3.40. The fourth-order valence-corrected chi connectivity index (χ4v) is 6.04. The van der Waals surface area contributed by atoms with Crippen LogP contribution >= 0.6 is 39.7 Å². The molecular weight excluding hydrogens is 594 g/mol. The van der Waals surface area contributed by atoms with Crippen molar-refractivity contribution in [1.29, 1.82) is 0 Å². The summed E-state index contributed by atoms with van der Waals surface area (Å²) in [5, 5.41) is 7.45. The molecule has 3 heterocycles. The van der Waals surface area contributed by atoms with Crippen molar-refractivity contribution in [3.8, 4) is 5.69 Å². The molecule has 0 bridgehead atoms. The molecule has 1 fully saturated rings. The van der Waals surface area contributed by atoms with Gasteiger partial charge in [0.1, 0.15) is 0 Å². The van der Waals surface area contributed by atoms with Crippen LogP contribution in [0.5, 0.6) is 0 Å². The van der Waals surface area contributed by atoms with Crippen LogP contribution in [0.2, 0.25) is 5.02 Å². The van der Waals surface area contributed by atoms with Crippen molar-refractivity contribution in [1.82, 2.24) is 14.9 Å². The van der Waals surface area contributed by atoms with Gasteiger partial charge in [-0.15, -0.1) is 0 Å². The molecule has 1 aliphatic rings. The molecule has 2 aromatic heterocycles. The van der Waals surface area contributed by atoms with Crippen LogP contribution in [0, 0.1) is 19.8 Å². The van der Waals surface area contributed by atoms with E-state index in [9.17, 15) is 4.79 Å². The molecule has 4 aromatic rings. The van der Waals surface area contributed by atoms with Gasteiger partial charge in [-0.3, -0.25) is 9.78 Å². The lowest BCUT2D eigenvalue weighted by atomic mass is 9.96. The Morgan fingerprint density at radius 3 is 2.54 bits per heavy atom. The molecule has 9 heteroatoms. The molecule has 39 heavy (non-hydrogen) atoms. The van der Waals surface area contributed by atoms with E-state index in [2.05, 4.69) is 73.1 Å². The van der Waals surface area contributed by atoms with Gasteiger partial charge < -0.3 is 20.1 Å². The molecule has 1 saturated heterocycles. The Morgan fingerprint density at radius 2 is 1.87 bits per heavy atom. The smallest absolute Gasteiger partial charge is 0.226 e. The number of thiocarbonyl (C=S) groups is 1. The Morgan fingerprint density at radius 1 is 1.08 bits per heavy atom. The van der Waals surface area contributed by atoms with E-state index in [-0.39, 0.29) is 23.9 Å². The quantitative estimate of drug-likeness (QED) is 0.216. The van der Waals surface area contributed by atoms with Crippen LogP contribution in [0.25, 0.3) is 5.69 Å². The van der Waals surface area contributed by atoms with Gasteiger partial charge >= 0.3 is 0 Å². The maximum atomic E-state index is 12.3. The summed E-state index contributed by atoms with van der Waals surface area (Å²) >= 11 is 16.2. The lowest BCUT2D eigenvalue weighted by Gasteiger charge is -2.28. The van der Waals surface area contributed by atoms with Gasteiger partial charge in [0.25, 0.3) is 0 Å². The van der Waals surface area contributed by atoms with Crippen LogP contribution < -0.4 is 15.5 Å². The minimum atomic E-state index is -0.188. The van der Waals surface area contributed by atoms with Gasteiger partial charge in [-0.2, -0.15) is 0 Å². The highest BCUT2D eigenvalue weighted by atomic mass is 79.9. The van der Waals surface area contributed by atoms with Crippen LogP contribution in [0.15, 0.2) is 77.4 Å². The van der Waals surface area contributed by atoms with Gasteiger partial charge in [0.2, 0.25) is 5.91 Å². The molecule has 2 atom stereocenters. The van der Waals surface area contributed by atoms with E-state index >= 15 is 0 Å². The van der Waals surface area contributed by atoms with Crippen LogP contribution in [0.1, 0.15) is 48.6 Å². The molecule has 0 saturated carbocycles. The number of nitrogens with zero attached hydrogens (tertiary/aromatic N) is 3. The van der Waals surface area contributed by atoms with Gasteiger partial charge in [0, 0.05) is 39.4 Å². The summed E-state index contributed by atoms with van der Waals surface area (Å²) in [6.07, 6.45) is 1.80. The number of hydrogen-bond donors (Lipinski definition) is 2. The standard InChI is InChI=1S/C30H29BrClN5OS/c1-17(2)29(38)34-25-12-11-22(16-24(25)32)37-28(27(35-30(37)39)26-10-5-6-13-33-26)23-14-18(3)36(19(23)4)21-9-7-8-20(31)15-21/h5-17,27-28H,1-4H3,(H,34,38)(H,35,39)/t27-,28+/m1/s1. The number of anilines is 2. The van der Waals surface area contributed by atoms with E-state index < -0.39 is 0 Å². The number of amides is 1. The fraction of sp³-hybridized carbons (Fsp3) is 0.233. The zero-order chi connectivity index (χ0) is 27.8. The van der Waals surface area contributed by atoms with E-state index in [0.29, 0.717) is 15.8 Å². The minimum absolute atomic E-state index is 0.0870. The molecule has 2 aromatic carbocycles. The molecule has 1 amide bonds. The number of hydrogen-bond acceptors (Lipinski definition) is 3.